The van der Waals surface area contributed by atoms with E-state index < -0.39 is 5.91 Å². The lowest BCUT2D eigenvalue weighted by molar-refractivity contribution is 0.0994. The number of nitrogens with zero attached hydrogens (tertiary/aromatic N) is 3. The van der Waals surface area contributed by atoms with Gasteiger partial charge >= 0.3 is 0 Å². The van der Waals surface area contributed by atoms with Gasteiger partial charge in [-0.05, 0) is 74.2 Å². The number of imidazole rings is 1. The Bertz CT molecular complexity index is 1390. The van der Waals surface area contributed by atoms with Crippen molar-refractivity contribution in [2.24, 2.45) is 5.73 Å². The highest BCUT2D eigenvalue weighted by Gasteiger charge is 2.26. The number of nitrogens with one attached hydrogen (secondary N) is 1. The van der Waals surface area contributed by atoms with Crippen LogP contribution < -0.4 is 10.5 Å². The van der Waals surface area contributed by atoms with Gasteiger partial charge in [-0.15, -0.1) is 0 Å². The Labute approximate surface area is 202 Å². The molecule has 0 unspecified atom stereocenters. The summed E-state index contributed by atoms with van der Waals surface area (Å²) in [5.41, 5.74) is 9.48. The molecule has 0 spiro atoms. The molecule has 0 aliphatic carbocycles. The van der Waals surface area contributed by atoms with Gasteiger partial charge in [-0.25, -0.2) is 4.52 Å². The number of piperidine rings is 1. The van der Waals surface area contributed by atoms with Gasteiger partial charge in [0.05, 0.1) is 11.9 Å². The number of carbonyl (C=O) groups is 1. The third kappa shape index (κ3) is 4.20. The van der Waals surface area contributed by atoms with Crippen LogP contribution in [-0.2, 0) is 0 Å². The second-order valence-corrected chi connectivity index (χ2v) is 8.71. The molecule has 4 aromatic rings. The van der Waals surface area contributed by atoms with Crippen LogP contribution >= 0.6 is 11.6 Å². The lowest BCUT2D eigenvalue weighted by Crippen LogP contribution is -2.29. The summed E-state index contributed by atoms with van der Waals surface area (Å²) in [5.74, 6) is 4.13. The van der Waals surface area contributed by atoms with Gasteiger partial charge in [-0.1, -0.05) is 17.5 Å². The van der Waals surface area contributed by atoms with Crippen LogP contribution in [0, 0.1) is 12.0 Å². The highest BCUT2D eigenvalue weighted by atomic mass is 35.5. The predicted octanol–water partition coefficient (Wildman–Crippen LogP) is 5.03. The minimum Gasteiger partial charge on any atom is -0.457 e. The zero-order valence-corrected chi connectivity index (χ0v) is 19.5. The number of primary amides is 1. The van der Waals surface area contributed by atoms with Gasteiger partial charge < -0.3 is 20.4 Å². The number of benzene rings is 2. The first-order valence-corrected chi connectivity index (χ1v) is 11.5. The molecule has 1 fully saturated rings. The number of nitrogens with two attached hydrogens (primary N) is 1. The van der Waals surface area contributed by atoms with Crippen molar-refractivity contribution in [3.63, 3.8) is 0 Å². The normalized spacial score (nSPS) is 14.1. The topological polar surface area (TPSA) is 88.7 Å². The first-order valence-electron chi connectivity index (χ1n) is 11.1. The van der Waals surface area contributed by atoms with Crippen molar-refractivity contribution in [2.45, 2.75) is 25.7 Å². The fourth-order valence-electron chi connectivity index (χ4n) is 4.46. The molecule has 0 bridgehead atoms. The lowest BCUT2D eigenvalue weighted by Gasteiger charge is -2.28. The molecule has 7 nitrogen and oxygen atoms in total. The van der Waals surface area contributed by atoms with Gasteiger partial charge in [-0.2, -0.15) is 5.10 Å². The Kier molecular flexibility index (Phi) is 5.91. The number of ether oxygens (including phenoxy) is 1. The average molecular weight is 474 g/mol. The second-order valence-electron chi connectivity index (χ2n) is 8.28. The highest BCUT2D eigenvalue weighted by Crippen LogP contribution is 2.34. The number of amides is 1. The van der Waals surface area contributed by atoms with Crippen LogP contribution in [0.5, 0.6) is 11.5 Å². The van der Waals surface area contributed by atoms with Gasteiger partial charge in [0.2, 0.25) is 0 Å². The highest BCUT2D eigenvalue weighted by molar-refractivity contribution is 6.30. The standard InChI is InChI=1S/C26H24ClN5O2/c1-2-13-31-14-11-17(12-15-31)22-16-29-32-24(25(28)33)23(30-26(22)32)18-3-7-20(8-4-18)34-21-9-5-19(27)6-10-21/h3-10,16-17,30H,11-12,14-15H2,1H3,(H2,28,33). The Hall–Kier alpha value is -3.89. The van der Waals surface area contributed by atoms with Crippen molar-refractivity contribution in [2.75, 3.05) is 13.1 Å². The van der Waals surface area contributed by atoms with Gasteiger partial charge in [-0.3, -0.25) is 4.79 Å². The summed E-state index contributed by atoms with van der Waals surface area (Å²) in [6, 6.07) is 17.8. The van der Waals surface area contributed by atoms with Crippen LogP contribution in [0.1, 0.15) is 41.7 Å². The molecular formula is C26H24ClN5O2. The number of hydrogen-bond acceptors (Lipinski definition) is 4. The zero-order valence-electron chi connectivity index (χ0n) is 18.7. The van der Waals surface area contributed by atoms with E-state index in [0.717, 1.165) is 42.7 Å². The van der Waals surface area contributed by atoms with E-state index in [4.69, 9.17) is 22.1 Å². The molecule has 2 aromatic heterocycles. The zero-order chi connectivity index (χ0) is 23.7. The molecule has 3 heterocycles. The summed E-state index contributed by atoms with van der Waals surface area (Å²) < 4.78 is 7.51. The van der Waals surface area contributed by atoms with Crippen molar-refractivity contribution < 1.29 is 9.53 Å². The third-order valence-electron chi connectivity index (χ3n) is 6.12. The van der Waals surface area contributed by atoms with Gasteiger partial charge in [0.15, 0.2) is 5.69 Å². The van der Waals surface area contributed by atoms with Crippen molar-refractivity contribution in [3.8, 4) is 34.7 Å². The van der Waals surface area contributed by atoms with Crippen molar-refractivity contribution in [1.29, 1.82) is 0 Å². The predicted molar refractivity (Wildman–Crippen MR) is 132 cm³/mol. The van der Waals surface area contributed by atoms with E-state index in [2.05, 4.69) is 26.9 Å². The summed E-state index contributed by atoms with van der Waals surface area (Å²) in [4.78, 5) is 18.0. The van der Waals surface area contributed by atoms with Gasteiger partial charge in [0.25, 0.3) is 5.91 Å². The minimum absolute atomic E-state index is 0.335. The number of likely N-dealkylation sites (tertiary alicyclic amines) is 1. The molecule has 172 valence electrons. The van der Waals surface area contributed by atoms with E-state index in [9.17, 15) is 4.79 Å². The first-order chi connectivity index (χ1) is 16.5. The van der Waals surface area contributed by atoms with Crippen LogP contribution in [-0.4, -0.2) is 38.5 Å². The van der Waals surface area contributed by atoms with E-state index in [1.807, 2.05) is 49.5 Å². The van der Waals surface area contributed by atoms with Crippen LogP contribution in [0.25, 0.3) is 16.9 Å². The van der Waals surface area contributed by atoms with Crippen molar-refractivity contribution in [1.82, 2.24) is 19.5 Å². The van der Waals surface area contributed by atoms with Gasteiger partial charge in [0.1, 0.15) is 17.1 Å². The maximum atomic E-state index is 12.4. The van der Waals surface area contributed by atoms with Gasteiger partial charge in [0, 0.05) is 35.3 Å². The number of halogens is 1. The molecule has 2 aromatic carbocycles. The maximum absolute atomic E-state index is 12.4. The SMILES string of the molecule is CC#CN1CCC(c2cnn3c(C(N)=O)c(-c4ccc(Oc5ccc(Cl)cc5)cc4)[nH]c23)CC1. The maximum Gasteiger partial charge on any atom is 0.269 e. The molecule has 34 heavy (non-hydrogen) atoms. The first kappa shape index (κ1) is 21.9. The van der Waals surface area contributed by atoms with Crippen molar-refractivity contribution >= 4 is 23.2 Å². The summed E-state index contributed by atoms with van der Waals surface area (Å²) >= 11 is 5.94. The lowest BCUT2D eigenvalue weighted by atomic mass is 9.91. The van der Waals surface area contributed by atoms with Crippen molar-refractivity contribution in [3.05, 3.63) is 71.0 Å². The Morgan fingerprint density at radius 2 is 1.76 bits per heavy atom. The van der Waals surface area contributed by atoms with E-state index in [-0.39, 0.29) is 0 Å². The van der Waals surface area contributed by atoms with Crippen LogP contribution in [0.15, 0.2) is 54.7 Å². The Morgan fingerprint density at radius 3 is 2.38 bits per heavy atom. The molecule has 0 radical (unpaired) electrons. The number of aromatic nitrogens is 3. The number of aromatic amines is 1. The third-order valence-corrected chi connectivity index (χ3v) is 6.37. The van der Waals surface area contributed by atoms with Crippen LogP contribution in [0.4, 0.5) is 0 Å². The van der Waals surface area contributed by atoms with E-state index in [1.54, 1.807) is 16.6 Å². The number of carbonyl (C=O) groups excluding carboxylic acids is 1. The summed E-state index contributed by atoms with van der Waals surface area (Å²) in [6.45, 7) is 3.68. The monoisotopic (exact) mass is 473 g/mol. The summed E-state index contributed by atoms with van der Waals surface area (Å²) in [7, 11) is 0. The fourth-order valence-corrected chi connectivity index (χ4v) is 4.59. The molecule has 1 amide bonds. The smallest absolute Gasteiger partial charge is 0.269 e. The summed E-state index contributed by atoms with van der Waals surface area (Å²) in [5, 5.41) is 5.16. The number of H-pyrrole nitrogens is 1. The fraction of sp³-hybridized carbons (Fsp3) is 0.231. The average Bonchev–Trinajstić information content (AvgIpc) is 3.41. The Balaban J connectivity index is 1.44. The molecule has 5 rings (SSSR count). The van der Waals surface area contributed by atoms with E-state index in [0.29, 0.717) is 33.8 Å². The molecule has 0 atom stereocenters. The second kappa shape index (κ2) is 9.16. The summed E-state index contributed by atoms with van der Waals surface area (Å²) in [6.07, 6.45) is 3.80. The van der Waals surface area contributed by atoms with E-state index in [1.165, 1.54) is 0 Å². The molecule has 0 saturated carbocycles. The molecule has 1 aliphatic heterocycles. The largest absolute Gasteiger partial charge is 0.457 e. The minimum atomic E-state index is -0.537. The molecule has 1 saturated heterocycles. The van der Waals surface area contributed by atoms with E-state index >= 15 is 0 Å². The quantitative estimate of drug-likeness (QED) is 0.398. The molecule has 3 N–H and O–H groups in total. The van der Waals surface area contributed by atoms with Crippen LogP contribution in [0.3, 0.4) is 0 Å². The Morgan fingerprint density at radius 1 is 1.12 bits per heavy atom. The van der Waals surface area contributed by atoms with Crippen LogP contribution in [0.2, 0.25) is 5.02 Å². The molecular weight excluding hydrogens is 450 g/mol. The number of rotatable bonds is 5. The number of fused-ring (bicyclic) bond motifs is 1. The molecule has 8 heteroatoms. The molecule has 1 aliphatic rings. The number of hydrogen-bond donors (Lipinski definition) is 2.